The number of hydrogen-bond acceptors (Lipinski definition) is 2. The number of hydrogen-bond donors (Lipinski definition) is 1. The van der Waals surface area contributed by atoms with E-state index in [0.717, 1.165) is 15.6 Å². The second-order valence-corrected chi connectivity index (χ2v) is 6.06. The summed E-state index contributed by atoms with van der Waals surface area (Å²) in [5, 5.41) is 12.6. The summed E-state index contributed by atoms with van der Waals surface area (Å²) in [6.07, 6.45) is 2.31. The normalized spacial score (nSPS) is 16.5. The molecule has 1 aliphatic rings. The van der Waals surface area contributed by atoms with Crippen molar-refractivity contribution in [1.29, 1.82) is 5.26 Å². The number of nitrogens with one attached hydrogen (secondary N) is 1. The van der Waals surface area contributed by atoms with Gasteiger partial charge in [-0.2, -0.15) is 5.26 Å². The van der Waals surface area contributed by atoms with Gasteiger partial charge in [0.2, 0.25) is 5.91 Å². The lowest BCUT2D eigenvalue weighted by Gasteiger charge is -2.33. The Bertz CT molecular complexity index is 520. The summed E-state index contributed by atoms with van der Waals surface area (Å²) in [4.78, 5) is 12.0. The van der Waals surface area contributed by atoms with Crippen molar-refractivity contribution in [1.82, 2.24) is 5.32 Å². The van der Waals surface area contributed by atoms with Gasteiger partial charge in [-0.1, -0.05) is 17.7 Å². The molecule has 1 saturated carbocycles. The molecule has 0 radical (unpaired) electrons. The smallest absolute Gasteiger partial charge is 0.240 e. The van der Waals surface area contributed by atoms with Gasteiger partial charge < -0.3 is 5.32 Å². The van der Waals surface area contributed by atoms with Crippen LogP contribution in [-0.2, 0) is 11.3 Å². The summed E-state index contributed by atoms with van der Waals surface area (Å²) < 4.78 is 1.01. The zero-order valence-electron chi connectivity index (χ0n) is 9.67. The molecule has 0 unspecified atom stereocenters. The molecule has 1 N–H and O–H groups in total. The molecule has 1 aromatic carbocycles. The first-order valence-corrected chi connectivity index (χ1v) is 7.16. The van der Waals surface area contributed by atoms with E-state index in [-0.39, 0.29) is 5.91 Å². The molecular formula is C13H12ClIN2O. The molecule has 0 bridgehead atoms. The van der Waals surface area contributed by atoms with Crippen molar-refractivity contribution in [3.8, 4) is 6.07 Å². The van der Waals surface area contributed by atoms with E-state index in [1.165, 1.54) is 0 Å². The molecule has 1 aromatic rings. The zero-order valence-corrected chi connectivity index (χ0v) is 12.6. The van der Waals surface area contributed by atoms with Crippen molar-refractivity contribution < 1.29 is 4.79 Å². The van der Waals surface area contributed by atoms with Crippen molar-refractivity contribution in [2.75, 3.05) is 0 Å². The number of benzene rings is 1. The molecule has 2 rings (SSSR count). The zero-order chi connectivity index (χ0) is 13.2. The Balaban J connectivity index is 2.00. The van der Waals surface area contributed by atoms with Crippen LogP contribution in [0.25, 0.3) is 0 Å². The highest BCUT2D eigenvalue weighted by atomic mass is 127. The number of nitriles is 1. The molecule has 0 atom stereocenters. The minimum absolute atomic E-state index is 0.151. The summed E-state index contributed by atoms with van der Waals surface area (Å²) in [5.41, 5.74) is 0.235. The Kier molecular flexibility index (Phi) is 4.13. The fraction of sp³-hybridized carbons (Fsp3) is 0.385. The third-order valence-electron chi connectivity index (χ3n) is 3.31. The van der Waals surface area contributed by atoms with E-state index in [2.05, 4.69) is 34.0 Å². The van der Waals surface area contributed by atoms with Gasteiger partial charge in [0.1, 0.15) is 5.41 Å². The minimum Gasteiger partial charge on any atom is -0.351 e. The maximum Gasteiger partial charge on any atom is 0.240 e. The summed E-state index contributed by atoms with van der Waals surface area (Å²) in [6, 6.07) is 7.69. The van der Waals surface area contributed by atoms with Gasteiger partial charge in [0.05, 0.1) is 6.07 Å². The third-order valence-corrected chi connectivity index (χ3v) is 4.55. The predicted molar refractivity (Wildman–Crippen MR) is 77.9 cm³/mol. The van der Waals surface area contributed by atoms with E-state index >= 15 is 0 Å². The lowest BCUT2D eigenvalue weighted by Crippen LogP contribution is -2.44. The highest BCUT2D eigenvalue weighted by Crippen LogP contribution is 2.40. The van der Waals surface area contributed by atoms with Crippen molar-refractivity contribution in [2.45, 2.75) is 25.8 Å². The van der Waals surface area contributed by atoms with Crippen LogP contribution in [0.15, 0.2) is 18.2 Å². The number of rotatable bonds is 3. The largest absolute Gasteiger partial charge is 0.351 e. The minimum atomic E-state index is -0.780. The van der Waals surface area contributed by atoms with Gasteiger partial charge in [0.15, 0.2) is 0 Å². The number of amides is 1. The Hall–Kier alpha value is -0.800. The maximum atomic E-state index is 12.0. The molecule has 0 heterocycles. The molecular weight excluding hydrogens is 363 g/mol. The molecule has 1 aliphatic carbocycles. The van der Waals surface area contributed by atoms with E-state index in [4.69, 9.17) is 16.9 Å². The van der Waals surface area contributed by atoms with Crippen LogP contribution in [0.3, 0.4) is 0 Å². The first-order chi connectivity index (χ1) is 8.57. The van der Waals surface area contributed by atoms with Crippen molar-refractivity contribution in [3.05, 3.63) is 32.4 Å². The number of halogens is 2. The van der Waals surface area contributed by atoms with E-state index in [0.29, 0.717) is 24.4 Å². The van der Waals surface area contributed by atoms with Gasteiger partial charge in [-0.05, 0) is 59.5 Å². The summed E-state index contributed by atoms with van der Waals surface area (Å²) in [6.45, 7) is 0.442. The van der Waals surface area contributed by atoms with Gasteiger partial charge in [-0.25, -0.2) is 0 Å². The van der Waals surface area contributed by atoms with Crippen LogP contribution < -0.4 is 5.32 Å². The van der Waals surface area contributed by atoms with Crippen LogP contribution in [0.2, 0.25) is 5.02 Å². The van der Waals surface area contributed by atoms with Crippen molar-refractivity contribution >= 4 is 40.1 Å². The van der Waals surface area contributed by atoms with Gasteiger partial charge in [-0.3, -0.25) is 4.79 Å². The Labute approximate surface area is 125 Å². The Morgan fingerprint density at radius 2 is 2.28 bits per heavy atom. The lowest BCUT2D eigenvalue weighted by molar-refractivity contribution is -0.131. The average Bonchev–Trinajstić information content (AvgIpc) is 2.27. The first kappa shape index (κ1) is 13.6. The SMILES string of the molecule is N#CC1(C(=O)NCc2ccc(Cl)cc2I)CCC1. The second kappa shape index (κ2) is 5.45. The summed E-state index contributed by atoms with van der Waals surface area (Å²) >= 11 is 8.06. The quantitative estimate of drug-likeness (QED) is 0.826. The average molecular weight is 375 g/mol. The van der Waals surface area contributed by atoms with Crippen molar-refractivity contribution in [3.63, 3.8) is 0 Å². The predicted octanol–water partition coefficient (Wildman–Crippen LogP) is 3.25. The van der Waals surface area contributed by atoms with Crippen LogP contribution in [0.4, 0.5) is 0 Å². The molecule has 5 heteroatoms. The lowest BCUT2D eigenvalue weighted by atomic mass is 9.69. The Morgan fingerprint density at radius 1 is 1.56 bits per heavy atom. The van der Waals surface area contributed by atoms with Crippen LogP contribution in [0.5, 0.6) is 0 Å². The topological polar surface area (TPSA) is 52.9 Å². The van der Waals surface area contributed by atoms with E-state index in [9.17, 15) is 4.79 Å². The number of carbonyl (C=O) groups excluding carboxylic acids is 1. The summed E-state index contributed by atoms with van der Waals surface area (Å²) in [5.74, 6) is -0.151. The molecule has 94 valence electrons. The van der Waals surface area contributed by atoms with Crippen molar-refractivity contribution in [2.24, 2.45) is 5.41 Å². The molecule has 0 aromatic heterocycles. The van der Waals surface area contributed by atoms with Crippen LogP contribution in [0, 0.1) is 20.3 Å². The first-order valence-electron chi connectivity index (χ1n) is 5.71. The number of carbonyl (C=O) groups is 1. The van der Waals surface area contributed by atoms with Crippen LogP contribution >= 0.6 is 34.2 Å². The highest BCUT2D eigenvalue weighted by Gasteiger charge is 2.44. The van der Waals surface area contributed by atoms with E-state index < -0.39 is 5.41 Å². The molecule has 1 fully saturated rings. The molecule has 3 nitrogen and oxygen atoms in total. The molecule has 0 aliphatic heterocycles. The maximum absolute atomic E-state index is 12.0. The third kappa shape index (κ3) is 2.62. The second-order valence-electron chi connectivity index (χ2n) is 4.47. The van der Waals surface area contributed by atoms with Crippen LogP contribution in [-0.4, -0.2) is 5.91 Å². The highest BCUT2D eigenvalue weighted by molar-refractivity contribution is 14.1. The fourth-order valence-electron chi connectivity index (χ4n) is 1.93. The standard InChI is InChI=1S/C13H12ClIN2O/c14-10-3-2-9(11(15)6-10)7-17-12(18)13(8-16)4-1-5-13/h2-3,6H,1,4-5,7H2,(H,17,18). The van der Waals surface area contributed by atoms with E-state index in [1.807, 2.05) is 12.1 Å². The Morgan fingerprint density at radius 3 is 2.78 bits per heavy atom. The molecule has 0 spiro atoms. The van der Waals surface area contributed by atoms with E-state index in [1.54, 1.807) is 6.07 Å². The van der Waals surface area contributed by atoms with Gasteiger partial charge in [0, 0.05) is 15.1 Å². The molecule has 0 saturated heterocycles. The van der Waals surface area contributed by atoms with Crippen LogP contribution in [0.1, 0.15) is 24.8 Å². The van der Waals surface area contributed by atoms with Gasteiger partial charge in [-0.15, -0.1) is 0 Å². The van der Waals surface area contributed by atoms with Gasteiger partial charge >= 0.3 is 0 Å². The summed E-state index contributed by atoms with van der Waals surface area (Å²) in [7, 11) is 0. The monoisotopic (exact) mass is 374 g/mol. The fourth-order valence-corrected chi connectivity index (χ4v) is 2.99. The molecule has 1 amide bonds. The number of nitrogens with zero attached hydrogens (tertiary/aromatic N) is 1. The molecule has 18 heavy (non-hydrogen) atoms. The van der Waals surface area contributed by atoms with Gasteiger partial charge in [0.25, 0.3) is 0 Å².